The van der Waals surface area contributed by atoms with Gasteiger partial charge in [-0.25, -0.2) is 4.79 Å². The van der Waals surface area contributed by atoms with Crippen molar-refractivity contribution in [2.75, 3.05) is 0 Å². The van der Waals surface area contributed by atoms with E-state index in [1.165, 1.54) is 11.1 Å². The second kappa shape index (κ2) is 9.00. The fourth-order valence-corrected chi connectivity index (χ4v) is 3.43. The Labute approximate surface area is 183 Å². The lowest BCUT2D eigenvalue weighted by Gasteiger charge is -2.08. The number of benzene rings is 3. The molecule has 3 aromatic carbocycles. The summed E-state index contributed by atoms with van der Waals surface area (Å²) in [7, 11) is 0. The van der Waals surface area contributed by atoms with Crippen molar-refractivity contribution < 1.29 is 9.53 Å². The van der Waals surface area contributed by atoms with Crippen molar-refractivity contribution in [2.24, 2.45) is 0 Å². The average molecular weight is 411 g/mol. The molecule has 4 rings (SSSR count). The fourth-order valence-electron chi connectivity index (χ4n) is 3.43. The van der Waals surface area contributed by atoms with Crippen molar-refractivity contribution in [3.8, 4) is 17.0 Å². The summed E-state index contributed by atoms with van der Waals surface area (Å²) in [6, 6.07) is 27.7. The van der Waals surface area contributed by atoms with Gasteiger partial charge in [-0.2, -0.15) is 5.10 Å². The van der Waals surface area contributed by atoms with Crippen molar-refractivity contribution in [1.29, 1.82) is 0 Å². The van der Waals surface area contributed by atoms with Gasteiger partial charge in [-0.05, 0) is 47.7 Å². The van der Waals surface area contributed by atoms with Gasteiger partial charge in [0, 0.05) is 0 Å². The van der Waals surface area contributed by atoms with Gasteiger partial charge in [0.25, 0.3) is 0 Å². The number of nitrogens with zero attached hydrogens (tertiary/aromatic N) is 2. The van der Waals surface area contributed by atoms with Crippen molar-refractivity contribution in [1.82, 2.24) is 9.78 Å². The molecule has 0 spiro atoms. The summed E-state index contributed by atoms with van der Waals surface area (Å²) in [6.45, 7) is 6.89. The number of rotatable bonds is 6. The minimum absolute atomic E-state index is 0.291. The Hall–Kier alpha value is -3.66. The van der Waals surface area contributed by atoms with Gasteiger partial charge in [0.2, 0.25) is 0 Å². The highest BCUT2D eigenvalue weighted by atomic mass is 16.5. The van der Waals surface area contributed by atoms with Crippen LogP contribution in [-0.4, -0.2) is 15.7 Å². The van der Waals surface area contributed by atoms with Gasteiger partial charge in [0.05, 0.1) is 12.2 Å². The van der Waals surface area contributed by atoms with Gasteiger partial charge in [-0.15, -0.1) is 0 Å². The van der Waals surface area contributed by atoms with Crippen LogP contribution >= 0.6 is 0 Å². The molecule has 0 atom stereocenters. The zero-order valence-corrected chi connectivity index (χ0v) is 18.1. The molecular weight excluding hydrogens is 384 g/mol. The molecule has 4 heteroatoms. The Balaban J connectivity index is 1.63. The van der Waals surface area contributed by atoms with E-state index in [0.29, 0.717) is 23.9 Å². The smallest absolute Gasteiger partial charge is 0.364 e. The summed E-state index contributed by atoms with van der Waals surface area (Å²) in [5, 5.41) is 4.59. The molecule has 0 aliphatic carbocycles. The zero-order valence-electron chi connectivity index (χ0n) is 18.1. The minimum atomic E-state index is -0.461. The highest BCUT2D eigenvalue weighted by molar-refractivity contribution is 5.90. The first-order valence-electron chi connectivity index (χ1n) is 10.5. The molecule has 0 amide bonds. The van der Waals surface area contributed by atoms with Crippen LogP contribution in [0.15, 0.2) is 84.9 Å². The Kier molecular flexibility index (Phi) is 5.99. The van der Waals surface area contributed by atoms with Crippen LogP contribution in [-0.2, 0) is 6.54 Å². The van der Waals surface area contributed by atoms with E-state index in [0.717, 1.165) is 16.8 Å². The van der Waals surface area contributed by atoms with E-state index < -0.39 is 5.97 Å². The normalized spacial score (nSPS) is 11.0. The predicted octanol–water partition coefficient (Wildman–Crippen LogP) is 6.25. The number of esters is 1. The summed E-state index contributed by atoms with van der Waals surface area (Å²) in [6.07, 6.45) is 0. The maximum Gasteiger partial charge on any atom is 0.364 e. The van der Waals surface area contributed by atoms with Gasteiger partial charge in [0.15, 0.2) is 5.69 Å². The zero-order chi connectivity index (χ0) is 21.8. The summed E-state index contributed by atoms with van der Waals surface area (Å²) in [4.78, 5) is 12.8. The third-order valence-corrected chi connectivity index (χ3v) is 5.27. The third kappa shape index (κ3) is 4.92. The van der Waals surface area contributed by atoms with E-state index in [9.17, 15) is 4.79 Å². The predicted molar refractivity (Wildman–Crippen MR) is 123 cm³/mol. The molecule has 0 saturated heterocycles. The molecule has 4 aromatic rings. The van der Waals surface area contributed by atoms with Gasteiger partial charge >= 0.3 is 5.97 Å². The highest BCUT2D eigenvalue weighted by Crippen LogP contribution is 2.24. The third-order valence-electron chi connectivity index (χ3n) is 5.27. The van der Waals surface area contributed by atoms with E-state index in [1.807, 2.05) is 59.3 Å². The average Bonchev–Trinajstić information content (AvgIpc) is 3.19. The molecule has 0 radical (unpaired) electrons. The molecule has 0 fully saturated rings. The molecule has 0 unspecified atom stereocenters. The second-order valence-corrected chi connectivity index (χ2v) is 8.04. The molecule has 0 bridgehead atoms. The lowest BCUT2D eigenvalue weighted by Crippen LogP contribution is -2.11. The first kappa shape index (κ1) is 20.6. The Bertz CT molecular complexity index is 1160. The lowest BCUT2D eigenvalue weighted by molar-refractivity contribution is 0.0727. The SMILES string of the molecule is Cc1ccc(-c2cc(C(=O)Oc3ccc(C(C)C)cc3)nn2Cc2ccccc2)cc1. The lowest BCUT2D eigenvalue weighted by atomic mass is 10.0. The van der Waals surface area contributed by atoms with E-state index in [2.05, 4.69) is 50.1 Å². The maximum absolute atomic E-state index is 12.8. The van der Waals surface area contributed by atoms with Crippen LogP contribution in [0.25, 0.3) is 11.3 Å². The van der Waals surface area contributed by atoms with Crippen LogP contribution in [0.4, 0.5) is 0 Å². The number of hydrogen-bond donors (Lipinski definition) is 0. The van der Waals surface area contributed by atoms with Crippen molar-refractivity contribution in [3.63, 3.8) is 0 Å². The van der Waals surface area contributed by atoms with Crippen LogP contribution in [0.1, 0.15) is 46.9 Å². The topological polar surface area (TPSA) is 44.1 Å². The number of ether oxygens (including phenoxy) is 1. The van der Waals surface area contributed by atoms with Crippen molar-refractivity contribution in [3.05, 3.63) is 107 Å². The van der Waals surface area contributed by atoms with Crippen molar-refractivity contribution >= 4 is 5.97 Å². The number of carbonyl (C=O) groups excluding carboxylic acids is 1. The Morgan fingerprint density at radius 2 is 1.61 bits per heavy atom. The standard InChI is InChI=1S/C27H26N2O2/c1-19(2)22-13-15-24(16-14-22)31-27(30)25-17-26(23-11-9-20(3)10-12-23)29(28-25)18-21-7-5-4-6-8-21/h4-17,19H,18H2,1-3H3. The van der Waals surface area contributed by atoms with Gasteiger partial charge in [-0.3, -0.25) is 4.68 Å². The van der Waals surface area contributed by atoms with Gasteiger partial charge < -0.3 is 4.74 Å². The quantitative estimate of drug-likeness (QED) is 0.279. The van der Waals surface area contributed by atoms with E-state index >= 15 is 0 Å². The van der Waals surface area contributed by atoms with E-state index in [1.54, 1.807) is 6.07 Å². The highest BCUT2D eigenvalue weighted by Gasteiger charge is 2.18. The largest absolute Gasteiger partial charge is 0.422 e. The second-order valence-electron chi connectivity index (χ2n) is 8.04. The van der Waals surface area contributed by atoms with Crippen LogP contribution in [0.5, 0.6) is 5.75 Å². The van der Waals surface area contributed by atoms with Crippen molar-refractivity contribution in [2.45, 2.75) is 33.2 Å². The number of aryl methyl sites for hydroxylation is 1. The van der Waals surface area contributed by atoms with Gasteiger partial charge in [-0.1, -0.05) is 86.1 Å². The Morgan fingerprint density at radius 1 is 0.935 bits per heavy atom. The summed E-state index contributed by atoms with van der Waals surface area (Å²) >= 11 is 0. The van der Waals surface area contributed by atoms with E-state index in [4.69, 9.17) is 4.74 Å². The van der Waals surface area contributed by atoms with Crippen LogP contribution in [0.3, 0.4) is 0 Å². The first-order valence-corrected chi connectivity index (χ1v) is 10.5. The first-order chi connectivity index (χ1) is 15.0. The minimum Gasteiger partial charge on any atom is -0.422 e. The molecule has 0 N–H and O–H groups in total. The molecule has 0 aliphatic rings. The number of aromatic nitrogens is 2. The molecular formula is C27H26N2O2. The molecule has 31 heavy (non-hydrogen) atoms. The van der Waals surface area contributed by atoms with Crippen LogP contribution in [0, 0.1) is 6.92 Å². The molecule has 156 valence electrons. The molecule has 4 nitrogen and oxygen atoms in total. The molecule has 0 saturated carbocycles. The van der Waals surface area contributed by atoms with Crippen LogP contribution in [0.2, 0.25) is 0 Å². The Morgan fingerprint density at radius 3 is 2.26 bits per heavy atom. The molecule has 1 aromatic heterocycles. The summed E-state index contributed by atoms with van der Waals surface area (Å²) in [5.41, 5.74) is 5.68. The summed E-state index contributed by atoms with van der Waals surface area (Å²) < 4.78 is 7.45. The molecule has 1 heterocycles. The molecule has 0 aliphatic heterocycles. The summed E-state index contributed by atoms with van der Waals surface area (Å²) in [5.74, 6) is 0.483. The van der Waals surface area contributed by atoms with E-state index in [-0.39, 0.29) is 0 Å². The monoisotopic (exact) mass is 410 g/mol. The number of hydrogen-bond acceptors (Lipinski definition) is 3. The van der Waals surface area contributed by atoms with Gasteiger partial charge in [0.1, 0.15) is 5.75 Å². The maximum atomic E-state index is 12.8. The number of carbonyl (C=O) groups is 1. The fraction of sp³-hybridized carbons (Fsp3) is 0.185. The van der Waals surface area contributed by atoms with Crippen LogP contribution < -0.4 is 4.74 Å².